The Morgan fingerprint density at radius 3 is 2.26 bits per heavy atom. The number of carbonyl (C=O) groups excluding carboxylic acids is 4. The molecule has 3 rings (SSSR count). The molecular weight excluding hydrogens is 398 g/mol. The molecule has 4 amide bonds. The van der Waals surface area contributed by atoms with Crippen LogP contribution in [0.25, 0.3) is 0 Å². The number of nitrogens with one attached hydrogen (secondary N) is 1. The van der Waals surface area contributed by atoms with E-state index in [0.29, 0.717) is 13.1 Å². The Morgan fingerprint density at radius 1 is 1.13 bits per heavy atom. The van der Waals surface area contributed by atoms with Crippen LogP contribution in [0.3, 0.4) is 0 Å². The standard InChI is InChI=1S/C22H27N5O4/c1-13(12-26-15(3)10-14(2)25-26)11-24-20(29)18(8-9-19(23)28)27-21(30)16-6-4-5-7-17(16)22(27)31/h4-7,10,13,18H,8-9,11-12H2,1-3H3,(H2,23,28)(H,24,29)/t13-,18+/m1/s1. The van der Waals surface area contributed by atoms with E-state index in [1.165, 1.54) is 0 Å². The van der Waals surface area contributed by atoms with E-state index in [2.05, 4.69) is 10.4 Å². The molecule has 0 radical (unpaired) electrons. The van der Waals surface area contributed by atoms with Crippen molar-refractivity contribution in [3.63, 3.8) is 0 Å². The fraction of sp³-hybridized carbons (Fsp3) is 0.409. The number of hydrogen-bond donors (Lipinski definition) is 2. The average Bonchev–Trinajstić information content (AvgIpc) is 3.16. The monoisotopic (exact) mass is 425 g/mol. The van der Waals surface area contributed by atoms with Gasteiger partial charge >= 0.3 is 0 Å². The van der Waals surface area contributed by atoms with Gasteiger partial charge in [-0.3, -0.25) is 28.8 Å². The number of aromatic nitrogens is 2. The van der Waals surface area contributed by atoms with Crippen molar-refractivity contribution in [2.45, 2.75) is 46.2 Å². The Bertz CT molecular complexity index is 994. The molecule has 2 aromatic rings. The summed E-state index contributed by atoms with van der Waals surface area (Å²) in [7, 11) is 0. The molecule has 31 heavy (non-hydrogen) atoms. The number of fused-ring (bicyclic) bond motifs is 1. The van der Waals surface area contributed by atoms with Crippen LogP contribution in [0.15, 0.2) is 30.3 Å². The first-order chi connectivity index (χ1) is 14.7. The Kier molecular flexibility index (Phi) is 6.53. The van der Waals surface area contributed by atoms with Gasteiger partial charge in [0.2, 0.25) is 11.8 Å². The third kappa shape index (κ3) is 4.82. The van der Waals surface area contributed by atoms with Gasteiger partial charge in [0, 0.05) is 25.2 Å². The summed E-state index contributed by atoms with van der Waals surface area (Å²) >= 11 is 0. The highest BCUT2D eigenvalue weighted by Crippen LogP contribution is 2.26. The van der Waals surface area contributed by atoms with Gasteiger partial charge in [-0.1, -0.05) is 19.1 Å². The molecule has 1 aromatic heterocycles. The number of benzene rings is 1. The van der Waals surface area contributed by atoms with Crippen LogP contribution in [0.2, 0.25) is 0 Å². The number of rotatable bonds is 9. The predicted molar refractivity (Wildman–Crippen MR) is 113 cm³/mol. The second kappa shape index (κ2) is 9.11. The molecule has 0 spiro atoms. The van der Waals surface area contributed by atoms with Crippen LogP contribution in [-0.4, -0.2) is 50.9 Å². The highest BCUT2D eigenvalue weighted by molar-refractivity contribution is 6.22. The van der Waals surface area contributed by atoms with Gasteiger partial charge in [0.25, 0.3) is 11.8 Å². The van der Waals surface area contributed by atoms with Crippen LogP contribution in [-0.2, 0) is 16.1 Å². The Labute approximate surface area is 180 Å². The van der Waals surface area contributed by atoms with Crippen molar-refractivity contribution < 1.29 is 19.2 Å². The number of nitrogens with zero attached hydrogens (tertiary/aromatic N) is 3. The zero-order valence-electron chi connectivity index (χ0n) is 17.9. The lowest BCUT2D eigenvalue weighted by Gasteiger charge is -2.26. The van der Waals surface area contributed by atoms with Gasteiger partial charge in [0.15, 0.2) is 0 Å². The summed E-state index contributed by atoms with van der Waals surface area (Å²) in [5, 5.41) is 7.24. The van der Waals surface area contributed by atoms with Crippen molar-refractivity contribution in [1.82, 2.24) is 20.0 Å². The maximum Gasteiger partial charge on any atom is 0.262 e. The molecule has 0 bridgehead atoms. The summed E-state index contributed by atoms with van der Waals surface area (Å²) in [5.41, 5.74) is 7.70. The number of amides is 4. The van der Waals surface area contributed by atoms with Crippen LogP contribution >= 0.6 is 0 Å². The Balaban J connectivity index is 1.71. The number of carbonyl (C=O) groups is 4. The SMILES string of the molecule is Cc1cc(C)n(C[C@H](C)CNC(=O)[C@H](CCC(N)=O)N2C(=O)c3ccccc3C2=O)n1. The van der Waals surface area contributed by atoms with E-state index in [4.69, 9.17) is 5.73 Å². The molecule has 1 aliphatic heterocycles. The maximum atomic E-state index is 13.0. The van der Waals surface area contributed by atoms with E-state index in [0.717, 1.165) is 16.3 Å². The maximum absolute atomic E-state index is 13.0. The summed E-state index contributed by atoms with van der Waals surface area (Å²) in [6.45, 7) is 6.79. The summed E-state index contributed by atoms with van der Waals surface area (Å²) < 4.78 is 1.88. The second-order valence-corrected chi connectivity index (χ2v) is 8.01. The molecule has 0 saturated heterocycles. The molecule has 2 atom stereocenters. The quantitative estimate of drug-likeness (QED) is 0.583. The van der Waals surface area contributed by atoms with Crippen LogP contribution in [0.1, 0.15) is 51.9 Å². The molecule has 0 fully saturated rings. The summed E-state index contributed by atoms with van der Waals surface area (Å²) in [6.07, 6.45) is -0.148. The number of primary amides is 1. The summed E-state index contributed by atoms with van der Waals surface area (Å²) in [5.74, 6) is -2.12. The summed E-state index contributed by atoms with van der Waals surface area (Å²) in [6, 6.07) is 7.29. The molecule has 0 aliphatic carbocycles. The number of nitrogens with two attached hydrogens (primary N) is 1. The molecule has 0 unspecified atom stereocenters. The minimum atomic E-state index is -1.11. The van der Waals surface area contributed by atoms with Crippen molar-refractivity contribution in [2.75, 3.05) is 6.54 Å². The predicted octanol–water partition coefficient (Wildman–Crippen LogP) is 1.18. The Hall–Kier alpha value is -3.49. The zero-order chi connectivity index (χ0) is 22.7. The third-order valence-electron chi connectivity index (χ3n) is 5.32. The molecule has 164 valence electrons. The molecule has 1 aromatic carbocycles. The van der Waals surface area contributed by atoms with Gasteiger partial charge in [0.05, 0.1) is 16.8 Å². The Morgan fingerprint density at radius 2 is 1.74 bits per heavy atom. The minimum Gasteiger partial charge on any atom is -0.370 e. The van der Waals surface area contributed by atoms with Gasteiger partial charge in [0.1, 0.15) is 6.04 Å². The lowest BCUT2D eigenvalue weighted by Crippen LogP contribution is -2.50. The normalized spacial score (nSPS) is 15.0. The van der Waals surface area contributed by atoms with Crippen LogP contribution in [0.4, 0.5) is 0 Å². The smallest absolute Gasteiger partial charge is 0.262 e. The lowest BCUT2D eigenvalue weighted by molar-refractivity contribution is -0.125. The number of aryl methyl sites for hydroxylation is 2. The third-order valence-corrected chi connectivity index (χ3v) is 5.32. The van der Waals surface area contributed by atoms with Crippen molar-refractivity contribution in [3.8, 4) is 0 Å². The van der Waals surface area contributed by atoms with Crippen LogP contribution in [0.5, 0.6) is 0 Å². The van der Waals surface area contributed by atoms with E-state index < -0.39 is 29.7 Å². The topological polar surface area (TPSA) is 127 Å². The van der Waals surface area contributed by atoms with Gasteiger partial charge in [-0.05, 0) is 44.4 Å². The van der Waals surface area contributed by atoms with Crippen molar-refractivity contribution in [1.29, 1.82) is 0 Å². The van der Waals surface area contributed by atoms with E-state index >= 15 is 0 Å². The second-order valence-electron chi connectivity index (χ2n) is 8.01. The molecule has 9 nitrogen and oxygen atoms in total. The van der Waals surface area contributed by atoms with Gasteiger partial charge in [-0.15, -0.1) is 0 Å². The van der Waals surface area contributed by atoms with E-state index in [9.17, 15) is 19.2 Å². The van der Waals surface area contributed by atoms with Crippen molar-refractivity contribution in [2.24, 2.45) is 11.7 Å². The molecule has 1 aliphatic rings. The molecule has 9 heteroatoms. The van der Waals surface area contributed by atoms with Crippen molar-refractivity contribution in [3.05, 3.63) is 52.8 Å². The minimum absolute atomic E-state index is 0.0293. The highest BCUT2D eigenvalue weighted by atomic mass is 16.2. The fourth-order valence-electron chi connectivity index (χ4n) is 3.76. The fourth-order valence-corrected chi connectivity index (χ4v) is 3.76. The van der Waals surface area contributed by atoms with Gasteiger partial charge < -0.3 is 11.1 Å². The lowest BCUT2D eigenvalue weighted by atomic mass is 10.1. The van der Waals surface area contributed by atoms with Gasteiger partial charge in [-0.2, -0.15) is 5.10 Å². The van der Waals surface area contributed by atoms with Crippen LogP contribution < -0.4 is 11.1 Å². The zero-order valence-corrected chi connectivity index (χ0v) is 17.9. The summed E-state index contributed by atoms with van der Waals surface area (Å²) in [4.78, 5) is 50.9. The highest BCUT2D eigenvalue weighted by Gasteiger charge is 2.42. The average molecular weight is 425 g/mol. The number of imide groups is 1. The number of hydrogen-bond acceptors (Lipinski definition) is 5. The van der Waals surface area contributed by atoms with E-state index in [1.807, 2.05) is 31.5 Å². The van der Waals surface area contributed by atoms with E-state index in [-0.39, 0.29) is 29.9 Å². The van der Waals surface area contributed by atoms with Gasteiger partial charge in [-0.25, -0.2) is 0 Å². The molecule has 2 heterocycles. The first kappa shape index (κ1) is 22.2. The molecule has 0 saturated carbocycles. The van der Waals surface area contributed by atoms with Crippen molar-refractivity contribution >= 4 is 23.6 Å². The van der Waals surface area contributed by atoms with E-state index in [1.54, 1.807) is 24.3 Å². The molecule has 3 N–H and O–H groups in total. The largest absolute Gasteiger partial charge is 0.370 e. The first-order valence-electron chi connectivity index (χ1n) is 10.2. The molecular formula is C22H27N5O4. The first-order valence-corrected chi connectivity index (χ1v) is 10.2. The van der Waals surface area contributed by atoms with Crippen LogP contribution in [0, 0.1) is 19.8 Å².